The average Bonchev–Trinajstić information content (AvgIpc) is 3.36. The predicted octanol–water partition coefficient (Wildman–Crippen LogP) is 3.53. The number of amides is 1. The fraction of sp³-hybridized carbons (Fsp3) is 0.700. The van der Waals surface area contributed by atoms with E-state index in [1.165, 1.54) is 38.8 Å². The molecule has 24 heavy (non-hydrogen) atoms. The van der Waals surface area contributed by atoms with Crippen molar-refractivity contribution in [3.05, 3.63) is 29.6 Å². The highest BCUT2D eigenvalue weighted by Gasteiger charge is 2.35. The van der Waals surface area contributed by atoms with E-state index in [2.05, 4.69) is 28.0 Å². The zero-order chi connectivity index (χ0) is 16.4. The molecule has 2 aliphatic heterocycles. The molecule has 0 aromatic carbocycles. The van der Waals surface area contributed by atoms with Gasteiger partial charge in [-0.1, -0.05) is 18.9 Å². The molecule has 4 heteroatoms. The van der Waals surface area contributed by atoms with E-state index < -0.39 is 0 Å². The Balaban J connectivity index is 1.48. The van der Waals surface area contributed by atoms with Crippen LogP contribution in [0.5, 0.6) is 0 Å². The third kappa shape index (κ3) is 3.34. The number of carbonyl (C=O) groups excluding carboxylic acids is 1. The molecule has 1 amide bonds. The lowest BCUT2D eigenvalue weighted by Crippen LogP contribution is -2.35. The molecule has 130 valence electrons. The minimum atomic E-state index is 0.205. The van der Waals surface area contributed by atoms with Crippen molar-refractivity contribution >= 4 is 5.91 Å². The second-order valence-electron chi connectivity index (χ2n) is 7.71. The van der Waals surface area contributed by atoms with Crippen LogP contribution in [-0.2, 0) is 11.3 Å². The second kappa shape index (κ2) is 7.22. The van der Waals surface area contributed by atoms with E-state index in [0.717, 1.165) is 50.2 Å². The van der Waals surface area contributed by atoms with Gasteiger partial charge in [0.05, 0.1) is 17.4 Å². The maximum absolute atomic E-state index is 12.9. The molecule has 3 fully saturated rings. The molecule has 1 saturated carbocycles. The molecule has 3 heterocycles. The van der Waals surface area contributed by atoms with Gasteiger partial charge in [0, 0.05) is 19.0 Å². The highest BCUT2D eigenvalue weighted by atomic mass is 16.2. The molecule has 0 N–H and O–H groups in total. The molecular weight excluding hydrogens is 298 g/mol. The van der Waals surface area contributed by atoms with E-state index in [4.69, 9.17) is 4.98 Å². The normalized spacial score (nSPS) is 25.7. The van der Waals surface area contributed by atoms with Crippen molar-refractivity contribution in [3.8, 4) is 0 Å². The zero-order valence-electron chi connectivity index (χ0n) is 14.6. The minimum Gasteiger partial charge on any atom is -0.334 e. The molecule has 0 radical (unpaired) electrons. The summed E-state index contributed by atoms with van der Waals surface area (Å²) in [5.41, 5.74) is 2.27. The van der Waals surface area contributed by atoms with Crippen LogP contribution < -0.4 is 0 Å². The molecule has 1 unspecified atom stereocenters. The number of likely N-dealkylation sites (tertiary alicyclic amines) is 2. The monoisotopic (exact) mass is 327 g/mol. The van der Waals surface area contributed by atoms with Gasteiger partial charge in [-0.3, -0.25) is 14.7 Å². The van der Waals surface area contributed by atoms with Crippen molar-refractivity contribution in [1.82, 2.24) is 14.8 Å². The molecular formula is C20H29N3O. The van der Waals surface area contributed by atoms with E-state index in [1.54, 1.807) is 0 Å². The SMILES string of the molecule is O=C(C1CCCC1)N1CCCC1c1cccc(CN2CCCC2)n1. The number of hydrogen-bond acceptors (Lipinski definition) is 3. The summed E-state index contributed by atoms with van der Waals surface area (Å²) >= 11 is 0. The molecule has 0 spiro atoms. The summed E-state index contributed by atoms with van der Waals surface area (Å²) in [5.74, 6) is 0.667. The van der Waals surface area contributed by atoms with E-state index >= 15 is 0 Å². The molecule has 1 aromatic rings. The summed E-state index contributed by atoms with van der Waals surface area (Å²) < 4.78 is 0. The third-order valence-electron chi connectivity index (χ3n) is 5.99. The van der Waals surface area contributed by atoms with Gasteiger partial charge in [-0.2, -0.15) is 0 Å². The molecule has 2 saturated heterocycles. The molecule has 0 bridgehead atoms. The van der Waals surface area contributed by atoms with Crippen LogP contribution in [0.1, 0.15) is 68.8 Å². The van der Waals surface area contributed by atoms with Crippen molar-refractivity contribution in [2.45, 2.75) is 64.0 Å². The topological polar surface area (TPSA) is 36.4 Å². The Morgan fingerprint density at radius 2 is 1.79 bits per heavy atom. The van der Waals surface area contributed by atoms with Gasteiger partial charge in [-0.25, -0.2) is 0 Å². The van der Waals surface area contributed by atoms with Gasteiger partial charge in [-0.05, 0) is 63.7 Å². The highest BCUT2D eigenvalue weighted by molar-refractivity contribution is 5.79. The number of pyridine rings is 1. The standard InChI is InChI=1S/C20H29N3O/c24-20(16-7-1-2-8-16)23-14-6-11-19(23)18-10-5-9-17(21-18)15-22-12-3-4-13-22/h5,9-10,16,19H,1-4,6-8,11-15H2. The number of nitrogens with zero attached hydrogens (tertiary/aromatic N) is 3. The predicted molar refractivity (Wildman–Crippen MR) is 94.4 cm³/mol. The van der Waals surface area contributed by atoms with Gasteiger partial charge in [0.1, 0.15) is 0 Å². The summed E-state index contributed by atoms with van der Waals surface area (Å²) in [7, 11) is 0. The Kier molecular flexibility index (Phi) is 4.83. The first kappa shape index (κ1) is 16.1. The Hall–Kier alpha value is -1.42. The first-order valence-corrected chi connectivity index (χ1v) is 9.80. The summed E-state index contributed by atoms with van der Waals surface area (Å²) in [4.78, 5) is 22.5. The van der Waals surface area contributed by atoms with E-state index in [0.29, 0.717) is 5.91 Å². The Morgan fingerprint density at radius 3 is 2.58 bits per heavy atom. The Morgan fingerprint density at radius 1 is 1.00 bits per heavy atom. The van der Waals surface area contributed by atoms with Crippen molar-refractivity contribution in [3.63, 3.8) is 0 Å². The maximum Gasteiger partial charge on any atom is 0.226 e. The number of rotatable bonds is 4. The van der Waals surface area contributed by atoms with E-state index in [1.807, 2.05) is 0 Å². The number of hydrogen-bond donors (Lipinski definition) is 0. The van der Waals surface area contributed by atoms with Crippen LogP contribution in [0.4, 0.5) is 0 Å². The molecule has 1 atom stereocenters. The summed E-state index contributed by atoms with van der Waals surface area (Å²) in [6.07, 6.45) is 9.42. The van der Waals surface area contributed by atoms with Gasteiger partial charge >= 0.3 is 0 Å². The number of carbonyl (C=O) groups is 1. The van der Waals surface area contributed by atoms with Crippen LogP contribution in [-0.4, -0.2) is 40.3 Å². The summed E-state index contributed by atoms with van der Waals surface area (Å²) in [5, 5.41) is 0. The third-order valence-corrected chi connectivity index (χ3v) is 5.99. The van der Waals surface area contributed by atoms with Crippen molar-refractivity contribution < 1.29 is 4.79 Å². The second-order valence-corrected chi connectivity index (χ2v) is 7.71. The molecule has 4 rings (SSSR count). The van der Waals surface area contributed by atoms with Gasteiger partial charge in [0.15, 0.2) is 0 Å². The molecule has 1 aliphatic carbocycles. The molecule has 1 aromatic heterocycles. The number of aromatic nitrogens is 1. The minimum absolute atomic E-state index is 0.205. The smallest absolute Gasteiger partial charge is 0.226 e. The molecule has 3 aliphatic rings. The van der Waals surface area contributed by atoms with Crippen LogP contribution >= 0.6 is 0 Å². The fourth-order valence-electron chi connectivity index (χ4n) is 4.69. The van der Waals surface area contributed by atoms with Crippen LogP contribution in [0.15, 0.2) is 18.2 Å². The fourth-order valence-corrected chi connectivity index (χ4v) is 4.69. The van der Waals surface area contributed by atoms with Crippen LogP contribution in [0, 0.1) is 5.92 Å². The average molecular weight is 327 g/mol. The summed E-state index contributed by atoms with van der Waals surface area (Å²) in [6.45, 7) is 4.26. The van der Waals surface area contributed by atoms with Crippen LogP contribution in [0.25, 0.3) is 0 Å². The lowest BCUT2D eigenvalue weighted by atomic mass is 10.0. The van der Waals surface area contributed by atoms with Crippen molar-refractivity contribution in [2.24, 2.45) is 5.92 Å². The van der Waals surface area contributed by atoms with E-state index in [9.17, 15) is 4.79 Å². The highest BCUT2D eigenvalue weighted by Crippen LogP contribution is 2.35. The Bertz CT molecular complexity index is 576. The van der Waals surface area contributed by atoms with E-state index in [-0.39, 0.29) is 12.0 Å². The first-order chi connectivity index (χ1) is 11.8. The lowest BCUT2D eigenvalue weighted by molar-refractivity contribution is -0.136. The maximum atomic E-state index is 12.9. The van der Waals surface area contributed by atoms with Gasteiger partial charge in [0.2, 0.25) is 5.91 Å². The van der Waals surface area contributed by atoms with Crippen molar-refractivity contribution in [1.29, 1.82) is 0 Å². The van der Waals surface area contributed by atoms with Gasteiger partial charge < -0.3 is 4.90 Å². The van der Waals surface area contributed by atoms with Gasteiger partial charge in [0.25, 0.3) is 0 Å². The Labute approximate surface area is 145 Å². The largest absolute Gasteiger partial charge is 0.334 e. The lowest BCUT2D eigenvalue weighted by Gasteiger charge is -2.27. The first-order valence-electron chi connectivity index (χ1n) is 9.80. The quantitative estimate of drug-likeness (QED) is 0.849. The molecule has 4 nitrogen and oxygen atoms in total. The van der Waals surface area contributed by atoms with Gasteiger partial charge in [-0.15, -0.1) is 0 Å². The summed E-state index contributed by atoms with van der Waals surface area (Å²) in [6, 6.07) is 6.60. The zero-order valence-corrected chi connectivity index (χ0v) is 14.6. The van der Waals surface area contributed by atoms with Crippen LogP contribution in [0.2, 0.25) is 0 Å². The van der Waals surface area contributed by atoms with Crippen LogP contribution in [0.3, 0.4) is 0 Å². The van der Waals surface area contributed by atoms with Crippen molar-refractivity contribution in [2.75, 3.05) is 19.6 Å².